The first kappa shape index (κ1) is 20.0. The molecule has 8 heteroatoms. The summed E-state index contributed by atoms with van der Waals surface area (Å²) >= 11 is 0. The van der Waals surface area contributed by atoms with Gasteiger partial charge in [0.1, 0.15) is 0 Å². The summed E-state index contributed by atoms with van der Waals surface area (Å²) in [5, 5.41) is 3.20. The molecule has 1 aromatic carbocycles. The molecule has 2 aromatic heterocycles. The van der Waals surface area contributed by atoms with Gasteiger partial charge in [0.2, 0.25) is 11.9 Å². The maximum absolute atomic E-state index is 12.3. The van der Waals surface area contributed by atoms with E-state index in [-0.39, 0.29) is 5.56 Å². The molecule has 0 aliphatic carbocycles. The van der Waals surface area contributed by atoms with Gasteiger partial charge in [-0.05, 0) is 32.0 Å². The Labute approximate surface area is 176 Å². The van der Waals surface area contributed by atoms with E-state index < -0.39 is 0 Å². The molecule has 2 N–H and O–H groups in total. The predicted molar refractivity (Wildman–Crippen MR) is 119 cm³/mol. The van der Waals surface area contributed by atoms with Crippen LogP contribution in [0.5, 0.6) is 0 Å². The van der Waals surface area contributed by atoms with Crippen LogP contribution in [0.1, 0.15) is 18.2 Å². The van der Waals surface area contributed by atoms with E-state index in [0.29, 0.717) is 11.6 Å². The van der Waals surface area contributed by atoms with E-state index in [9.17, 15) is 4.79 Å². The van der Waals surface area contributed by atoms with E-state index in [0.717, 1.165) is 61.2 Å². The second-order valence-corrected chi connectivity index (χ2v) is 7.51. The molecular weight excluding hydrogens is 378 g/mol. The summed E-state index contributed by atoms with van der Waals surface area (Å²) in [4.78, 5) is 33.5. The van der Waals surface area contributed by atoms with Crippen molar-refractivity contribution in [2.75, 3.05) is 42.9 Å². The van der Waals surface area contributed by atoms with Gasteiger partial charge in [-0.15, -0.1) is 0 Å². The largest absolute Gasteiger partial charge is 0.338 e. The summed E-state index contributed by atoms with van der Waals surface area (Å²) < 4.78 is 0. The highest BCUT2D eigenvalue weighted by Crippen LogP contribution is 2.23. The molecule has 0 radical (unpaired) electrons. The fourth-order valence-corrected chi connectivity index (χ4v) is 3.62. The number of piperazine rings is 1. The standard InChI is InChI=1S/C22H27N7O/c1-4-28-9-11-29(12-10-28)22-23-14-17(16(3)24-22)19-13-20(30)27-21(26-19)25-18-8-6-5-7-15(18)2/h5-8,13-14H,4,9-12H2,1-3H3,(H2,25,26,27,30). The number of aromatic amines is 1. The van der Waals surface area contributed by atoms with Crippen LogP contribution >= 0.6 is 0 Å². The van der Waals surface area contributed by atoms with Crippen LogP contribution in [-0.2, 0) is 0 Å². The second-order valence-electron chi connectivity index (χ2n) is 7.51. The number of rotatable bonds is 5. The highest BCUT2D eigenvalue weighted by Gasteiger charge is 2.19. The maximum atomic E-state index is 12.3. The Hall–Kier alpha value is -3.26. The van der Waals surface area contributed by atoms with Crippen LogP contribution in [0.15, 0.2) is 41.3 Å². The molecule has 156 valence electrons. The number of hydrogen-bond acceptors (Lipinski definition) is 7. The fourth-order valence-electron chi connectivity index (χ4n) is 3.62. The van der Waals surface area contributed by atoms with E-state index in [1.807, 2.05) is 38.1 Å². The molecule has 1 aliphatic heterocycles. The topological polar surface area (TPSA) is 90.0 Å². The molecular formula is C22H27N7O. The van der Waals surface area contributed by atoms with Crippen LogP contribution in [0.25, 0.3) is 11.3 Å². The molecule has 0 saturated carbocycles. The lowest BCUT2D eigenvalue weighted by atomic mass is 10.1. The number of hydrogen-bond donors (Lipinski definition) is 2. The summed E-state index contributed by atoms with van der Waals surface area (Å²) in [6, 6.07) is 9.34. The monoisotopic (exact) mass is 405 g/mol. The Morgan fingerprint density at radius 2 is 1.87 bits per heavy atom. The SMILES string of the molecule is CCN1CCN(c2ncc(-c3cc(=O)[nH]c(Nc4ccccc4C)n3)c(C)n2)CC1. The van der Waals surface area contributed by atoms with Gasteiger partial charge in [-0.25, -0.2) is 15.0 Å². The highest BCUT2D eigenvalue weighted by molar-refractivity contribution is 5.64. The molecule has 8 nitrogen and oxygen atoms in total. The minimum absolute atomic E-state index is 0.227. The van der Waals surface area contributed by atoms with Crippen LogP contribution in [0.4, 0.5) is 17.6 Å². The minimum atomic E-state index is -0.227. The minimum Gasteiger partial charge on any atom is -0.338 e. The van der Waals surface area contributed by atoms with Gasteiger partial charge in [0, 0.05) is 49.7 Å². The smallest absolute Gasteiger partial charge is 0.252 e. The molecule has 0 bridgehead atoms. The van der Waals surface area contributed by atoms with Crippen molar-refractivity contribution in [3.8, 4) is 11.3 Å². The normalized spacial score (nSPS) is 14.7. The van der Waals surface area contributed by atoms with Crippen molar-refractivity contribution >= 4 is 17.6 Å². The number of aromatic nitrogens is 4. The van der Waals surface area contributed by atoms with Gasteiger partial charge in [0.05, 0.1) is 11.4 Å². The summed E-state index contributed by atoms with van der Waals surface area (Å²) in [5.41, 5.74) is 3.85. The van der Waals surface area contributed by atoms with Crippen molar-refractivity contribution in [3.05, 3.63) is 58.1 Å². The van der Waals surface area contributed by atoms with Gasteiger partial charge in [0.15, 0.2) is 0 Å². The van der Waals surface area contributed by atoms with Gasteiger partial charge >= 0.3 is 0 Å². The Kier molecular flexibility index (Phi) is 5.76. The Balaban J connectivity index is 1.59. The van der Waals surface area contributed by atoms with Crippen molar-refractivity contribution in [2.45, 2.75) is 20.8 Å². The number of para-hydroxylation sites is 1. The molecule has 4 rings (SSSR count). The van der Waals surface area contributed by atoms with E-state index >= 15 is 0 Å². The molecule has 1 saturated heterocycles. The maximum Gasteiger partial charge on any atom is 0.252 e. The lowest BCUT2D eigenvalue weighted by molar-refractivity contribution is 0.270. The van der Waals surface area contributed by atoms with Crippen LogP contribution in [0.2, 0.25) is 0 Å². The van der Waals surface area contributed by atoms with Gasteiger partial charge in [0.25, 0.3) is 5.56 Å². The number of benzene rings is 1. The van der Waals surface area contributed by atoms with E-state index in [4.69, 9.17) is 4.98 Å². The number of H-pyrrole nitrogens is 1. The third kappa shape index (κ3) is 4.33. The first-order chi connectivity index (χ1) is 14.5. The molecule has 0 unspecified atom stereocenters. The van der Waals surface area contributed by atoms with E-state index in [1.54, 1.807) is 6.20 Å². The zero-order chi connectivity index (χ0) is 21.1. The van der Waals surface area contributed by atoms with Crippen molar-refractivity contribution < 1.29 is 0 Å². The van der Waals surface area contributed by atoms with Gasteiger partial charge in [-0.2, -0.15) is 0 Å². The number of aryl methyl sites for hydroxylation is 2. The number of nitrogens with one attached hydrogen (secondary N) is 2. The summed E-state index contributed by atoms with van der Waals surface area (Å²) in [7, 11) is 0. The number of nitrogens with zero attached hydrogens (tertiary/aromatic N) is 5. The first-order valence-electron chi connectivity index (χ1n) is 10.3. The molecule has 1 aliphatic rings. The first-order valence-corrected chi connectivity index (χ1v) is 10.3. The summed E-state index contributed by atoms with van der Waals surface area (Å²) in [5.74, 6) is 1.13. The number of likely N-dealkylation sites (N-methyl/N-ethyl adjacent to an activating group) is 1. The predicted octanol–water partition coefficient (Wildman–Crippen LogP) is 2.73. The average Bonchev–Trinajstić information content (AvgIpc) is 2.75. The molecule has 3 aromatic rings. The van der Waals surface area contributed by atoms with Crippen molar-refractivity contribution in [1.82, 2.24) is 24.8 Å². The Morgan fingerprint density at radius 1 is 1.10 bits per heavy atom. The lowest BCUT2D eigenvalue weighted by Crippen LogP contribution is -2.46. The van der Waals surface area contributed by atoms with E-state index in [2.05, 4.69) is 37.0 Å². The third-order valence-electron chi connectivity index (χ3n) is 5.48. The van der Waals surface area contributed by atoms with Crippen LogP contribution in [-0.4, -0.2) is 57.6 Å². The molecule has 0 amide bonds. The van der Waals surface area contributed by atoms with Crippen molar-refractivity contribution in [1.29, 1.82) is 0 Å². The van der Waals surface area contributed by atoms with E-state index in [1.165, 1.54) is 6.07 Å². The van der Waals surface area contributed by atoms with Gasteiger partial charge in [-0.3, -0.25) is 9.78 Å². The zero-order valence-corrected chi connectivity index (χ0v) is 17.6. The fraction of sp³-hybridized carbons (Fsp3) is 0.364. The summed E-state index contributed by atoms with van der Waals surface area (Å²) in [6.45, 7) is 11.1. The molecule has 0 atom stereocenters. The quantitative estimate of drug-likeness (QED) is 0.674. The Morgan fingerprint density at radius 3 is 2.57 bits per heavy atom. The zero-order valence-electron chi connectivity index (χ0n) is 17.6. The van der Waals surface area contributed by atoms with Gasteiger partial charge in [-0.1, -0.05) is 25.1 Å². The molecule has 1 fully saturated rings. The average molecular weight is 406 g/mol. The van der Waals surface area contributed by atoms with Crippen LogP contribution in [0.3, 0.4) is 0 Å². The van der Waals surface area contributed by atoms with Crippen LogP contribution < -0.4 is 15.8 Å². The van der Waals surface area contributed by atoms with Crippen molar-refractivity contribution in [2.24, 2.45) is 0 Å². The van der Waals surface area contributed by atoms with Gasteiger partial charge < -0.3 is 15.1 Å². The third-order valence-corrected chi connectivity index (χ3v) is 5.48. The molecule has 0 spiro atoms. The second kappa shape index (κ2) is 8.62. The molecule has 3 heterocycles. The Bertz CT molecular complexity index is 1090. The molecule has 30 heavy (non-hydrogen) atoms. The van der Waals surface area contributed by atoms with Crippen LogP contribution in [0, 0.1) is 13.8 Å². The highest BCUT2D eigenvalue weighted by atomic mass is 16.1. The lowest BCUT2D eigenvalue weighted by Gasteiger charge is -2.34. The van der Waals surface area contributed by atoms with Crippen molar-refractivity contribution in [3.63, 3.8) is 0 Å². The summed E-state index contributed by atoms with van der Waals surface area (Å²) in [6.07, 6.45) is 1.77. The number of anilines is 3.